The lowest BCUT2D eigenvalue weighted by molar-refractivity contribution is 0.512. The number of nitrogens with zero attached hydrogens (tertiary/aromatic N) is 2. The Kier molecular flexibility index (Phi) is 3.42. The fourth-order valence-corrected chi connectivity index (χ4v) is 1.36. The number of aryl methyl sites for hydroxylation is 1. The maximum atomic E-state index is 11.2. The van der Waals surface area contributed by atoms with Crippen molar-refractivity contribution >= 4 is 11.9 Å². The molecule has 0 saturated carbocycles. The molecule has 0 radical (unpaired) electrons. The molecular weight excluding hydrogens is 234 g/mol. The molecule has 18 heavy (non-hydrogen) atoms. The Hall–Kier alpha value is -2.57. The van der Waals surface area contributed by atoms with Gasteiger partial charge in [-0.1, -0.05) is 0 Å². The highest BCUT2D eigenvalue weighted by atomic mass is 16.3. The molecule has 7 nitrogen and oxygen atoms in total. The van der Waals surface area contributed by atoms with Crippen molar-refractivity contribution < 1.29 is 4.42 Å². The van der Waals surface area contributed by atoms with Crippen LogP contribution in [0.15, 0.2) is 38.7 Å². The van der Waals surface area contributed by atoms with Crippen molar-refractivity contribution in [3.63, 3.8) is 0 Å². The summed E-state index contributed by atoms with van der Waals surface area (Å²) in [6.07, 6.45) is 1.56. The molecule has 0 aromatic carbocycles. The number of furan rings is 1. The highest BCUT2D eigenvalue weighted by Gasteiger charge is 2.00. The largest absolute Gasteiger partial charge is 0.467 e. The Bertz CT molecular complexity index is 600. The van der Waals surface area contributed by atoms with Gasteiger partial charge < -0.3 is 10.2 Å². The van der Waals surface area contributed by atoms with Gasteiger partial charge in [0.1, 0.15) is 12.3 Å². The van der Waals surface area contributed by atoms with E-state index in [0.717, 1.165) is 0 Å². The van der Waals surface area contributed by atoms with Crippen LogP contribution in [-0.4, -0.2) is 15.9 Å². The van der Waals surface area contributed by atoms with Gasteiger partial charge in [-0.3, -0.25) is 15.1 Å². The van der Waals surface area contributed by atoms with Crippen LogP contribution in [0.4, 0.5) is 5.95 Å². The molecule has 0 saturated heterocycles. The molecule has 0 atom stereocenters. The number of aliphatic imine (C=N–C) groups is 1. The Balaban J connectivity index is 2.04. The van der Waals surface area contributed by atoms with Gasteiger partial charge in [-0.15, -0.1) is 0 Å². The molecule has 94 valence electrons. The molecule has 2 heterocycles. The lowest BCUT2D eigenvalue weighted by Gasteiger charge is -2.04. The van der Waals surface area contributed by atoms with Crippen molar-refractivity contribution in [3.8, 4) is 0 Å². The molecule has 0 aliphatic carbocycles. The Labute approximate surface area is 103 Å². The van der Waals surface area contributed by atoms with Crippen LogP contribution in [-0.2, 0) is 6.54 Å². The summed E-state index contributed by atoms with van der Waals surface area (Å²) in [4.78, 5) is 21.8. The van der Waals surface area contributed by atoms with E-state index in [0.29, 0.717) is 18.0 Å². The van der Waals surface area contributed by atoms with Crippen LogP contribution in [0.25, 0.3) is 0 Å². The molecule has 2 aromatic rings. The fraction of sp³-hybridized carbons (Fsp3) is 0.182. The molecule has 2 rings (SSSR count). The van der Waals surface area contributed by atoms with Crippen molar-refractivity contribution in [2.45, 2.75) is 13.5 Å². The number of hydrogen-bond acceptors (Lipinski definition) is 4. The van der Waals surface area contributed by atoms with E-state index in [-0.39, 0.29) is 17.5 Å². The van der Waals surface area contributed by atoms with Crippen LogP contribution in [0.5, 0.6) is 0 Å². The van der Waals surface area contributed by atoms with Crippen molar-refractivity contribution in [2.75, 3.05) is 5.32 Å². The first-order valence-electron chi connectivity index (χ1n) is 5.31. The van der Waals surface area contributed by atoms with E-state index in [1.165, 1.54) is 6.07 Å². The molecule has 0 amide bonds. The molecule has 2 aromatic heterocycles. The van der Waals surface area contributed by atoms with Gasteiger partial charge in [0, 0.05) is 11.8 Å². The van der Waals surface area contributed by atoms with Crippen LogP contribution >= 0.6 is 0 Å². The summed E-state index contributed by atoms with van der Waals surface area (Å²) in [7, 11) is 0. The Morgan fingerprint density at radius 3 is 3.17 bits per heavy atom. The van der Waals surface area contributed by atoms with Crippen LogP contribution < -0.4 is 16.6 Å². The van der Waals surface area contributed by atoms with Gasteiger partial charge in [0.05, 0.1) is 6.26 Å². The topological polar surface area (TPSA) is 109 Å². The monoisotopic (exact) mass is 247 g/mol. The van der Waals surface area contributed by atoms with Crippen molar-refractivity contribution in [1.82, 2.24) is 9.97 Å². The molecular formula is C11H13N5O2. The van der Waals surface area contributed by atoms with E-state index in [1.807, 2.05) is 0 Å². The minimum Gasteiger partial charge on any atom is -0.467 e. The predicted molar refractivity (Wildman–Crippen MR) is 67.3 cm³/mol. The summed E-state index contributed by atoms with van der Waals surface area (Å²) < 4.78 is 5.11. The van der Waals surface area contributed by atoms with Gasteiger partial charge >= 0.3 is 0 Å². The summed E-state index contributed by atoms with van der Waals surface area (Å²) in [6, 6.07) is 4.96. The number of aromatic nitrogens is 2. The third kappa shape index (κ3) is 3.21. The molecule has 0 aliphatic rings. The summed E-state index contributed by atoms with van der Waals surface area (Å²) in [5.41, 5.74) is 6.01. The fourth-order valence-electron chi connectivity index (χ4n) is 1.36. The van der Waals surface area contributed by atoms with Crippen molar-refractivity contribution in [2.24, 2.45) is 10.7 Å². The van der Waals surface area contributed by atoms with Crippen LogP contribution in [0.3, 0.4) is 0 Å². The highest BCUT2D eigenvalue weighted by molar-refractivity contribution is 5.90. The molecule has 7 heteroatoms. The second-order valence-electron chi connectivity index (χ2n) is 3.64. The van der Waals surface area contributed by atoms with Gasteiger partial charge in [0.2, 0.25) is 5.95 Å². The average Bonchev–Trinajstić information content (AvgIpc) is 2.77. The molecule has 0 aliphatic heterocycles. The summed E-state index contributed by atoms with van der Waals surface area (Å²) in [5, 5.41) is 2.71. The van der Waals surface area contributed by atoms with E-state index < -0.39 is 0 Å². The standard InChI is InChI=1S/C11H13N5O2/c1-7-5-9(17)15-11(14-7)16-10(12)13-6-8-3-2-4-18-8/h2-5H,6H2,1H3,(H4,12,13,14,15,16,17). The van der Waals surface area contributed by atoms with Gasteiger partial charge in [0.25, 0.3) is 5.56 Å². The van der Waals surface area contributed by atoms with Crippen molar-refractivity contribution in [3.05, 3.63) is 46.3 Å². The third-order valence-electron chi connectivity index (χ3n) is 2.10. The third-order valence-corrected chi connectivity index (χ3v) is 2.10. The molecule has 4 N–H and O–H groups in total. The number of anilines is 1. The maximum absolute atomic E-state index is 11.2. The summed E-state index contributed by atoms with van der Waals surface area (Å²) in [6.45, 7) is 2.04. The summed E-state index contributed by atoms with van der Waals surface area (Å²) >= 11 is 0. The molecule has 0 unspecified atom stereocenters. The predicted octanol–water partition coefficient (Wildman–Crippen LogP) is 0.598. The van der Waals surface area contributed by atoms with Crippen LogP contribution in [0.2, 0.25) is 0 Å². The number of guanidine groups is 1. The average molecular weight is 247 g/mol. The van der Waals surface area contributed by atoms with E-state index in [2.05, 4.69) is 20.3 Å². The van der Waals surface area contributed by atoms with Gasteiger partial charge in [-0.05, 0) is 19.1 Å². The molecule has 0 fully saturated rings. The number of aromatic amines is 1. The second-order valence-corrected chi connectivity index (χ2v) is 3.64. The first-order chi connectivity index (χ1) is 8.63. The smallest absolute Gasteiger partial charge is 0.252 e. The SMILES string of the molecule is Cc1cc(=O)[nH]c(NC(N)=NCc2ccco2)n1. The zero-order chi connectivity index (χ0) is 13.0. The Morgan fingerprint density at radius 1 is 1.67 bits per heavy atom. The number of hydrogen-bond donors (Lipinski definition) is 3. The quantitative estimate of drug-likeness (QED) is 0.543. The first-order valence-corrected chi connectivity index (χ1v) is 5.31. The number of H-pyrrole nitrogens is 1. The lowest BCUT2D eigenvalue weighted by atomic mass is 10.4. The van der Waals surface area contributed by atoms with E-state index >= 15 is 0 Å². The van der Waals surface area contributed by atoms with Gasteiger partial charge in [-0.25, -0.2) is 9.98 Å². The van der Waals surface area contributed by atoms with E-state index in [1.54, 1.807) is 25.3 Å². The minimum absolute atomic E-state index is 0.153. The lowest BCUT2D eigenvalue weighted by Crippen LogP contribution is -2.25. The number of rotatable bonds is 3. The minimum atomic E-state index is -0.246. The highest BCUT2D eigenvalue weighted by Crippen LogP contribution is 2.01. The molecule has 0 bridgehead atoms. The van der Waals surface area contributed by atoms with Gasteiger partial charge in [-0.2, -0.15) is 0 Å². The van der Waals surface area contributed by atoms with Crippen LogP contribution in [0, 0.1) is 6.92 Å². The maximum Gasteiger partial charge on any atom is 0.252 e. The normalized spacial score (nSPS) is 11.5. The number of nitrogens with two attached hydrogens (primary N) is 1. The second kappa shape index (κ2) is 5.17. The van der Waals surface area contributed by atoms with Crippen LogP contribution in [0.1, 0.15) is 11.5 Å². The summed E-state index contributed by atoms with van der Waals surface area (Å²) in [5.74, 6) is 1.12. The van der Waals surface area contributed by atoms with Crippen molar-refractivity contribution in [1.29, 1.82) is 0 Å². The van der Waals surface area contributed by atoms with Gasteiger partial charge in [0.15, 0.2) is 5.96 Å². The number of nitrogens with one attached hydrogen (secondary N) is 2. The van der Waals surface area contributed by atoms with E-state index in [9.17, 15) is 4.79 Å². The van der Waals surface area contributed by atoms with E-state index in [4.69, 9.17) is 10.2 Å². The molecule has 0 spiro atoms. The Morgan fingerprint density at radius 2 is 2.50 bits per heavy atom. The zero-order valence-corrected chi connectivity index (χ0v) is 9.80. The first kappa shape index (κ1) is 11.9. The zero-order valence-electron chi connectivity index (χ0n) is 9.80.